The highest BCUT2D eigenvalue weighted by Crippen LogP contribution is 2.27. The third-order valence-electron chi connectivity index (χ3n) is 4.97. The van der Waals surface area contributed by atoms with Gasteiger partial charge in [0, 0.05) is 24.3 Å². The molecule has 3 rings (SSSR count). The number of hydrogen-bond donors (Lipinski definition) is 0. The third-order valence-corrected chi connectivity index (χ3v) is 6.14. The molecule has 0 fully saturated rings. The summed E-state index contributed by atoms with van der Waals surface area (Å²) < 4.78 is 15.0. The van der Waals surface area contributed by atoms with E-state index in [1.165, 1.54) is 23.9 Å². The number of amides is 1. The Morgan fingerprint density at radius 1 is 1.10 bits per heavy atom. The molecule has 0 aliphatic heterocycles. The molecule has 1 unspecified atom stereocenters. The molecule has 1 atom stereocenters. The van der Waals surface area contributed by atoms with Crippen LogP contribution >= 0.6 is 23.4 Å². The highest BCUT2D eigenvalue weighted by Gasteiger charge is 2.22. The normalized spacial score (nSPS) is 12.2. The Kier molecular flexibility index (Phi) is 7.69. The van der Waals surface area contributed by atoms with Gasteiger partial charge < -0.3 is 4.90 Å². The van der Waals surface area contributed by atoms with Crippen molar-refractivity contribution in [3.05, 3.63) is 70.8 Å². The second-order valence-corrected chi connectivity index (χ2v) is 8.84. The number of nitrogens with zero attached hydrogens (tertiary/aromatic N) is 5. The first kappa shape index (κ1) is 23.2. The number of aromatic nitrogens is 3. The molecule has 0 aliphatic carbocycles. The molecule has 2 aromatic carbocycles. The van der Waals surface area contributed by atoms with Gasteiger partial charge in [-0.2, -0.15) is 0 Å². The number of hydrogen-bond acceptors (Lipinski definition) is 5. The second-order valence-electron chi connectivity index (χ2n) is 7.46. The minimum atomic E-state index is -0.294. The molecule has 1 amide bonds. The van der Waals surface area contributed by atoms with Crippen LogP contribution in [0.5, 0.6) is 0 Å². The summed E-state index contributed by atoms with van der Waals surface area (Å²) in [6, 6.07) is 13.6. The molecular weight excluding hydrogens is 437 g/mol. The summed E-state index contributed by atoms with van der Waals surface area (Å²) in [6.07, 6.45) is 0. The zero-order valence-corrected chi connectivity index (χ0v) is 19.5. The predicted octanol–water partition coefficient (Wildman–Crippen LogP) is 4.43. The SMILES string of the molecule is CC(c1nnc(SCC(=O)N(C)Cc2ccc(F)cc2)n1-c1ccc(Cl)cc1)N(C)C. The Hall–Kier alpha value is -2.42. The fourth-order valence-corrected chi connectivity index (χ4v) is 3.92. The summed E-state index contributed by atoms with van der Waals surface area (Å²) in [6.45, 7) is 2.46. The zero-order chi connectivity index (χ0) is 22.5. The van der Waals surface area contributed by atoms with E-state index in [0.29, 0.717) is 16.7 Å². The molecule has 164 valence electrons. The average Bonchev–Trinajstić information content (AvgIpc) is 3.17. The summed E-state index contributed by atoms with van der Waals surface area (Å²) in [4.78, 5) is 16.3. The van der Waals surface area contributed by atoms with E-state index in [1.807, 2.05) is 54.8 Å². The van der Waals surface area contributed by atoms with Gasteiger partial charge in [0.2, 0.25) is 5.91 Å². The van der Waals surface area contributed by atoms with Crippen molar-refractivity contribution < 1.29 is 9.18 Å². The first-order chi connectivity index (χ1) is 14.8. The van der Waals surface area contributed by atoms with Crippen LogP contribution in [0.3, 0.4) is 0 Å². The standard InChI is InChI=1S/C22H25ClFN5OS/c1-15(27(2)3)21-25-26-22(29(21)19-11-7-17(23)8-12-19)31-14-20(30)28(4)13-16-5-9-18(24)10-6-16/h5-12,15H,13-14H2,1-4H3. The van der Waals surface area contributed by atoms with Gasteiger partial charge in [-0.1, -0.05) is 35.5 Å². The van der Waals surface area contributed by atoms with Gasteiger partial charge in [0.05, 0.1) is 11.8 Å². The lowest BCUT2D eigenvalue weighted by atomic mass is 10.2. The number of carbonyl (C=O) groups excluding carboxylic acids is 1. The molecule has 3 aromatic rings. The van der Waals surface area contributed by atoms with E-state index in [2.05, 4.69) is 10.2 Å². The first-order valence-corrected chi connectivity index (χ1v) is 11.1. The fraction of sp³-hybridized carbons (Fsp3) is 0.318. The quantitative estimate of drug-likeness (QED) is 0.464. The lowest BCUT2D eigenvalue weighted by Crippen LogP contribution is -2.28. The molecule has 0 saturated heterocycles. The molecule has 0 aliphatic rings. The van der Waals surface area contributed by atoms with Crippen LogP contribution in [0.15, 0.2) is 53.7 Å². The van der Waals surface area contributed by atoms with Crippen molar-refractivity contribution >= 4 is 29.3 Å². The Morgan fingerprint density at radius 3 is 2.35 bits per heavy atom. The highest BCUT2D eigenvalue weighted by atomic mass is 35.5. The fourth-order valence-electron chi connectivity index (χ4n) is 2.90. The number of benzene rings is 2. The number of rotatable bonds is 8. The van der Waals surface area contributed by atoms with E-state index < -0.39 is 0 Å². The highest BCUT2D eigenvalue weighted by molar-refractivity contribution is 7.99. The van der Waals surface area contributed by atoms with Crippen molar-refractivity contribution in [3.8, 4) is 5.69 Å². The largest absolute Gasteiger partial charge is 0.341 e. The van der Waals surface area contributed by atoms with Crippen molar-refractivity contribution in [2.75, 3.05) is 26.9 Å². The molecule has 0 saturated carbocycles. The van der Waals surface area contributed by atoms with Gasteiger partial charge in [0.1, 0.15) is 5.82 Å². The average molecular weight is 462 g/mol. The molecule has 0 radical (unpaired) electrons. The molecule has 1 aromatic heterocycles. The maximum Gasteiger partial charge on any atom is 0.233 e. The van der Waals surface area contributed by atoms with E-state index in [9.17, 15) is 9.18 Å². The van der Waals surface area contributed by atoms with Gasteiger partial charge in [-0.3, -0.25) is 14.3 Å². The van der Waals surface area contributed by atoms with Crippen LogP contribution in [0, 0.1) is 5.82 Å². The van der Waals surface area contributed by atoms with E-state index >= 15 is 0 Å². The third kappa shape index (κ3) is 5.84. The van der Waals surface area contributed by atoms with Crippen molar-refractivity contribution in [3.63, 3.8) is 0 Å². The summed E-state index contributed by atoms with van der Waals surface area (Å²) in [5, 5.41) is 10.0. The molecule has 6 nitrogen and oxygen atoms in total. The first-order valence-electron chi connectivity index (χ1n) is 9.75. The summed E-state index contributed by atoms with van der Waals surface area (Å²) in [5.74, 6) is 0.640. The van der Waals surface area contributed by atoms with Crippen molar-refractivity contribution in [1.82, 2.24) is 24.6 Å². The van der Waals surface area contributed by atoms with Crippen LogP contribution in [0.4, 0.5) is 4.39 Å². The smallest absolute Gasteiger partial charge is 0.233 e. The van der Waals surface area contributed by atoms with Crippen LogP contribution in [0.1, 0.15) is 24.4 Å². The van der Waals surface area contributed by atoms with Gasteiger partial charge in [-0.15, -0.1) is 10.2 Å². The molecular formula is C22H25ClFN5OS. The van der Waals surface area contributed by atoms with Gasteiger partial charge >= 0.3 is 0 Å². The maximum atomic E-state index is 13.1. The summed E-state index contributed by atoms with van der Waals surface area (Å²) in [5.41, 5.74) is 1.75. The van der Waals surface area contributed by atoms with Gasteiger partial charge in [-0.25, -0.2) is 4.39 Å². The Morgan fingerprint density at radius 2 is 1.74 bits per heavy atom. The Balaban J connectivity index is 1.76. The van der Waals surface area contributed by atoms with Crippen molar-refractivity contribution in [1.29, 1.82) is 0 Å². The van der Waals surface area contributed by atoms with Crippen LogP contribution in [0.2, 0.25) is 5.02 Å². The molecule has 0 N–H and O–H groups in total. The monoisotopic (exact) mass is 461 g/mol. The van der Waals surface area contributed by atoms with E-state index in [4.69, 9.17) is 11.6 Å². The van der Waals surface area contributed by atoms with Crippen molar-refractivity contribution in [2.24, 2.45) is 0 Å². The van der Waals surface area contributed by atoms with Crippen LogP contribution in [-0.2, 0) is 11.3 Å². The minimum absolute atomic E-state index is 0.0226. The van der Waals surface area contributed by atoms with E-state index in [0.717, 1.165) is 17.1 Å². The molecule has 31 heavy (non-hydrogen) atoms. The molecule has 1 heterocycles. The van der Waals surface area contributed by atoms with E-state index in [-0.39, 0.29) is 23.5 Å². The van der Waals surface area contributed by atoms with Gasteiger partial charge in [0.25, 0.3) is 0 Å². The number of halogens is 2. The van der Waals surface area contributed by atoms with Gasteiger partial charge in [0.15, 0.2) is 11.0 Å². The Labute approximate surface area is 191 Å². The zero-order valence-electron chi connectivity index (χ0n) is 17.9. The lowest BCUT2D eigenvalue weighted by molar-refractivity contribution is -0.127. The minimum Gasteiger partial charge on any atom is -0.341 e. The molecule has 9 heteroatoms. The molecule has 0 bridgehead atoms. The van der Waals surface area contributed by atoms with Gasteiger partial charge in [-0.05, 0) is 63.0 Å². The predicted molar refractivity (Wildman–Crippen MR) is 122 cm³/mol. The lowest BCUT2D eigenvalue weighted by Gasteiger charge is -2.21. The summed E-state index contributed by atoms with van der Waals surface area (Å²) in [7, 11) is 5.69. The maximum absolute atomic E-state index is 13.1. The van der Waals surface area contributed by atoms with Crippen LogP contribution < -0.4 is 0 Å². The number of thioether (sulfide) groups is 1. The topological polar surface area (TPSA) is 54.3 Å². The number of carbonyl (C=O) groups is 1. The van der Waals surface area contributed by atoms with Crippen LogP contribution in [-0.4, -0.2) is 57.4 Å². The molecule has 0 spiro atoms. The van der Waals surface area contributed by atoms with E-state index in [1.54, 1.807) is 24.1 Å². The summed E-state index contributed by atoms with van der Waals surface area (Å²) >= 11 is 7.39. The second kappa shape index (κ2) is 10.3. The van der Waals surface area contributed by atoms with Crippen LogP contribution in [0.25, 0.3) is 5.69 Å². The Bertz CT molecular complexity index is 1020. The van der Waals surface area contributed by atoms with Crippen molar-refractivity contribution in [2.45, 2.75) is 24.7 Å².